The summed E-state index contributed by atoms with van der Waals surface area (Å²) >= 11 is 0. The van der Waals surface area contributed by atoms with Crippen LogP contribution in [0.1, 0.15) is 21.6 Å². The molecule has 0 spiro atoms. The van der Waals surface area contributed by atoms with Crippen LogP contribution in [-0.2, 0) is 6.42 Å². The molecule has 1 amide bonds. The van der Waals surface area contributed by atoms with E-state index in [4.69, 9.17) is 5.26 Å². The highest BCUT2D eigenvalue weighted by molar-refractivity contribution is 6.03. The van der Waals surface area contributed by atoms with Crippen molar-refractivity contribution in [3.05, 3.63) is 89.5 Å². The predicted molar refractivity (Wildman–Crippen MR) is 102 cm³/mol. The lowest BCUT2D eigenvalue weighted by Gasteiger charge is -2.08. The minimum absolute atomic E-state index is 0.248. The van der Waals surface area contributed by atoms with Gasteiger partial charge in [-0.15, -0.1) is 0 Å². The number of carbonyl (C=O) groups excluding carboxylic acids is 1. The summed E-state index contributed by atoms with van der Waals surface area (Å²) in [5, 5.41) is 15.0. The van der Waals surface area contributed by atoms with Crippen LogP contribution in [0, 0.1) is 17.1 Å². The van der Waals surface area contributed by atoms with Gasteiger partial charge in [0.05, 0.1) is 23.1 Å². The third kappa shape index (κ3) is 4.89. The Kier molecular flexibility index (Phi) is 5.75. The van der Waals surface area contributed by atoms with Crippen molar-refractivity contribution in [2.24, 2.45) is 0 Å². The highest BCUT2D eigenvalue weighted by Crippen LogP contribution is 2.15. The first-order valence-corrected chi connectivity index (χ1v) is 8.40. The molecule has 0 atom stereocenters. The first-order valence-electron chi connectivity index (χ1n) is 8.40. The number of amides is 1. The normalized spacial score (nSPS) is 10.1. The summed E-state index contributed by atoms with van der Waals surface area (Å²) in [5.74, 6) is -0.627. The van der Waals surface area contributed by atoms with Crippen LogP contribution in [0.2, 0.25) is 0 Å². The molecule has 0 saturated carbocycles. The van der Waals surface area contributed by atoms with Crippen LogP contribution in [0.25, 0.3) is 0 Å². The van der Waals surface area contributed by atoms with Gasteiger partial charge in [0.2, 0.25) is 0 Å². The number of pyridine rings is 1. The molecule has 2 aromatic carbocycles. The number of nitrogens with zero attached hydrogens (tertiary/aromatic N) is 2. The molecule has 0 aliphatic heterocycles. The lowest BCUT2D eigenvalue weighted by molar-refractivity contribution is 0.102. The molecule has 0 unspecified atom stereocenters. The maximum absolute atomic E-state index is 12.9. The van der Waals surface area contributed by atoms with Gasteiger partial charge in [-0.05, 0) is 48.4 Å². The minimum Gasteiger partial charge on any atom is -0.383 e. The molecule has 3 aromatic rings. The number of benzene rings is 2. The number of nitriles is 1. The fourth-order valence-corrected chi connectivity index (χ4v) is 2.51. The number of hydrogen-bond acceptors (Lipinski definition) is 4. The van der Waals surface area contributed by atoms with Crippen LogP contribution in [0.4, 0.5) is 15.8 Å². The highest BCUT2D eigenvalue weighted by atomic mass is 19.1. The van der Waals surface area contributed by atoms with E-state index in [0.29, 0.717) is 17.8 Å². The number of para-hydroxylation sites is 1. The molecule has 0 aliphatic rings. The number of hydrogen-bond donors (Lipinski definition) is 2. The van der Waals surface area contributed by atoms with E-state index in [9.17, 15) is 9.18 Å². The van der Waals surface area contributed by atoms with Crippen molar-refractivity contribution in [1.82, 2.24) is 4.98 Å². The van der Waals surface area contributed by atoms with Gasteiger partial charge < -0.3 is 10.6 Å². The van der Waals surface area contributed by atoms with Gasteiger partial charge >= 0.3 is 0 Å². The summed E-state index contributed by atoms with van der Waals surface area (Å²) in [4.78, 5) is 16.4. The van der Waals surface area contributed by atoms with E-state index in [1.54, 1.807) is 54.7 Å². The van der Waals surface area contributed by atoms with E-state index in [-0.39, 0.29) is 17.4 Å². The van der Waals surface area contributed by atoms with Crippen LogP contribution in [-0.4, -0.2) is 17.4 Å². The average molecular weight is 360 g/mol. The van der Waals surface area contributed by atoms with Crippen LogP contribution < -0.4 is 10.6 Å². The molecule has 0 fully saturated rings. The molecule has 1 heterocycles. The van der Waals surface area contributed by atoms with E-state index < -0.39 is 0 Å². The van der Waals surface area contributed by atoms with Crippen molar-refractivity contribution in [3.8, 4) is 6.07 Å². The van der Waals surface area contributed by atoms with Gasteiger partial charge in [-0.2, -0.15) is 5.26 Å². The van der Waals surface area contributed by atoms with Crippen LogP contribution in [0.15, 0.2) is 66.9 Å². The van der Waals surface area contributed by atoms with E-state index in [2.05, 4.69) is 15.6 Å². The monoisotopic (exact) mass is 360 g/mol. The topological polar surface area (TPSA) is 77.8 Å². The number of anilines is 2. The Labute approximate surface area is 156 Å². The standard InChI is InChI=1S/C21H17FN4O/c22-17-7-5-15(6-8-17)11-12-24-18-9-10-20(25-14-18)21(27)26-19-4-2-1-3-16(19)13-23/h1-10,14,24H,11-12H2,(H,26,27). The Balaban J connectivity index is 1.55. The first kappa shape index (κ1) is 18.1. The first-order chi connectivity index (χ1) is 13.2. The van der Waals surface area contributed by atoms with Gasteiger partial charge in [-0.3, -0.25) is 4.79 Å². The molecule has 0 bridgehead atoms. The van der Waals surface area contributed by atoms with Crippen molar-refractivity contribution < 1.29 is 9.18 Å². The Morgan fingerprint density at radius 3 is 2.56 bits per heavy atom. The van der Waals surface area contributed by atoms with Crippen molar-refractivity contribution in [2.45, 2.75) is 6.42 Å². The second kappa shape index (κ2) is 8.59. The number of rotatable bonds is 6. The number of nitrogens with one attached hydrogen (secondary N) is 2. The molecule has 6 heteroatoms. The lowest BCUT2D eigenvalue weighted by atomic mass is 10.1. The second-order valence-corrected chi connectivity index (χ2v) is 5.85. The molecular formula is C21H17FN4O. The summed E-state index contributed by atoms with van der Waals surface area (Å²) in [7, 11) is 0. The Morgan fingerprint density at radius 1 is 1.07 bits per heavy atom. The molecule has 0 saturated heterocycles. The Morgan fingerprint density at radius 2 is 1.85 bits per heavy atom. The number of aromatic nitrogens is 1. The average Bonchev–Trinajstić information content (AvgIpc) is 2.70. The maximum Gasteiger partial charge on any atom is 0.274 e. The van der Waals surface area contributed by atoms with Crippen LogP contribution in [0.3, 0.4) is 0 Å². The predicted octanol–water partition coefficient (Wildman–Crippen LogP) is 4.00. The summed E-state index contributed by atoms with van der Waals surface area (Å²) < 4.78 is 12.9. The molecular weight excluding hydrogens is 343 g/mol. The smallest absolute Gasteiger partial charge is 0.274 e. The van der Waals surface area contributed by atoms with E-state index in [0.717, 1.165) is 17.7 Å². The summed E-state index contributed by atoms with van der Waals surface area (Å²) in [6.07, 6.45) is 2.32. The third-order valence-corrected chi connectivity index (χ3v) is 3.95. The SMILES string of the molecule is N#Cc1ccccc1NC(=O)c1ccc(NCCc2ccc(F)cc2)cn1. The largest absolute Gasteiger partial charge is 0.383 e. The molecule has 0 aliphatic carbocycles. The van der Waals surface area contributed by atoms with Gasteiger partial charge in [0, 0.05) is 6.54 Å². The molecule has 2 N–H and O–H groups in total. The molecule has 27 heavy (non-hydrogen) atoms. The molecule has 5 nitrogen and oxygen atoms in total. The fraction of sp³-hybridized carbons (Fsp3) is 0.0952. The van der Waals surface area contributed by atoms with Crippen LogP contribution in [0.5, 0.6) is 0 Å². The molecule has 134 valence electrons. The Bertz CT molecular complexity index is 963. The third-order valence-electron chi connectivity index (χ3n) is 3.95. The van der Waals surface area contributed by atoms with Crippen molar-refractivity contribution in [1.29, 1.82) is 5.26 Å². The van der Waals surface area contributed by atoms with Gasteiger partial charge in [-0.25, -0.2) is 9.37 Å². The maximum atomic E-state index is 12.9. The zero-order chi connectivity index (χ0) is 19.1. The van der Waals surface area contributed by atoms with E-state index in [1.807, 2.05) is 6.07 Å². The fourth-order valence-electron chi connectivity index (χ4n) is 2.51. The zero-order valence-corrected chi connectivity index (χ0v) is 14.4. The minimum atomic E-state index is -0.379. The van der Waals surface area contributed by atoms with Crippen molar-refractivity contribution in [2.75, 3.05) is 17.2 Å². The molecule has 1 aromatic heterocycles. The molecule has 3 rings (SSSR count). The zero-order valence-electron chi connectivity index (χ0n) is 14.4. The summed E-state index contributed by atoms with van der Waals surface area (Å²) in [5.41, 5.74) is 2.92. The number of carbonyl (C=O) groups is 1. The number of halogens is 1. The van der Waals surface area contributed by atoms with Gasteiger partial charge in [0.25, 0.3) is 5.91 Å². The van der Waals surface area contributed by atoms with E-state index in [1.165, 1.54) is 12.1 Å². The van der Waals surface area contributed by atoms with E-state index >= 15 is 0 Å². The van der Waals surface area contributed by atoms with Gasteiger partial charge in [0.1, 0.15) is 17.6 Å². The summed E-state index contributed by atoms with van der Waals surface area (Å²) in [6, 6.07) is 18.6. The van der Waals surface area contributed by atoms with Gasteiger partial charge in [0.15, 0.2) is 0 Å². The second-order valence-electron chi connectivity index (χ2n) is 5.85. The summed E-state index contributed by atoms with van der Waals surface area (Å²) in [6.45, 7) is 0.661. The van der Waals surface area contributed by atoms with Gasteiger partial charge in [-0.1, -0.05) is 24.3 Å². The quantitative estimate of drug-likeness (QED) is 0.696. The lowest BCUT2D eigenvalue weighted by Crippen LogP contribution is -2.14. The Hall–Kier alpha value is -3.72. The van der Waals surface area contributed by atoms with Crippen LogP contribution >= 0.6 is 0 Å². The van der Waals surface area contributed by atoms with Crippen molar-refractivity contribution in [3.63, 3.8) is 0 Å². The highest BCUT2D eigenvalue weighted by Gasteiger charge is 2.10. The van der Waals surface area contributed by atoms with Crippen molar-refractivity contribution >= 4 is 17.3 Å². The molecule has 0 radical (unpaired) electrons.